The molecule has 0 amide bonds. The summed E-state index contributed by atoms with van der Waals surface area (Å²) in [6.07, 6.45) is 5.34. The van der Waals surface area contributed by atoms with E-state index in [4.69, 9.17) is 11.6 Å². The smallest absolute Gasteiger partial charge is 0.187 e. The number of nitrogens with zero attached hydrogens (tertiary/aromatic N) is 3. The Hall–Kier alpha value is -1.66. The maximum Gasteiger partial charge on any atom is 0.187 e. The molecule has 0 unspecified atom stereocenters. The number of hydrogen-bond acceptors (Lipinski definition) is 5. The second-order valence-corrected chi connectivity index (χ2v) is 6.44. The number of benzene rings is 1. The van der Waals surface area contributed by atoms with Gasteiger partial charge in [0, 0.05) is 13.1 Å². The quantitative estimate of drug-likeness (QED) is 0.664. The normalized spacial score (nSPS) is 15.5. The van der Waals surface area contributed by atoms with E-state index in [0.717, 1.165) is 28.8 Å². The molecule has 1 aliphatic rings. The molecule has 0 radical (unpaired) electrons. The highest BCUT2D eigenvalue weighted by molar-refractivity contribution is 7.17. The Morgan fingerprint density at radius 3 is 2.68 bits per heavy atom. The minimum Gasteiger partial charge on any atom is -0.348 e. The highest BCUT2D eigenvalue weighted by atomic mass is 35.5. The molecule has 0 atom stereocenters. The number of piperidine rings is 1. The first kappa shape index (κ1) is 15.2. The van der Waals surface area contributed by atoms with Crippen LogP contribution in [-0.2, 0) is 0 Å². The summed E-state index contributed by atoms with van der Waals surface area (Å²) in [5.41, 5.74) is 3.56. The monoisotopic (exact) mass is 338 g/mol. The summed E-state index contributed by atoms with van der Waals surface area (Å²) in [5.74, 6) is -0.272. The van der Waals surface area contributed by atoms with Gasteiger partial charge in [-0.05, 0) is 43.5 Å². The molecule has 1 saturated heterocycles. The molecule has 1 fully saturated rings. The van der Waals surface area contributed by atoms with Crippen LogP contribution in [0.1, 0.15) is 24.1 Å². The Morgan fingerprint density at radius 2 is 1.95 bits per heavy atom. The molecule has 0 bridgehead atoms. The maximum atomic E-state index is 12.8. The lowest BCUT2D eigenvalue weighted by Gasteiger charge is -2.25. The van der Waals surface area contributed by atoms with Gasteiger partial charge in [-0.25, -0.2) is 9.37 Å². The van der Waals surface area contributed by atoms with Gasteiger partial charge in [0.05, 0.1) is 16.8 Å². The van der Waals surface area contributed by atoms with Crippen molar-refractivity contribution in [1.29, 1.82) is 0 Å². The fraction of sp³-hybridized carbons (Fsp3) is 0.333. The van der Waals surface area contributed by atoms with Gasteiger partial charge >= 0.3 is 0 Å². The van der Waals surface area contributed by atoms with Crippen molar-refractivity contribution < 1.29 is 4.39 Å². The van der Waals surface area contributed by atoms with E-state index in [0.29, 0.717) is 5.15 Å². The summed E-state index contributed by atoms with van der Waals surface area (Å²) in [6, 6.07) is 6.01. The summed E-state index contributed by atoms with van der Waals surface area (Å²) in [4.78, 5) is 7.50. The Kier molecular flexibility index (Phi) is 4.90. The zero-order valence-corrected chi connectivity index (χ0v) is 13.5. The van der Waals surface area contributed by atoms with Gasteiger partial charge in [-0.2, -0.15) is 5.10 Å². The van der Waals surface area contributed by atoms with E-state index < -0.39 is 0 Å². The number of hydrogen-bond donors (Lipinski definition) is 1. The molecular formula is C15H16ClFN4S. The van der Waals surface area contributed by atoms with Crippen molar-refractivity contribution in [2.24, 2.45) is 5.10 Å². The van der Waals surface area contributed by atoms with Crippen molar-refractivity contribution in [3.8, 4) is 0 Å². The van der Waals surface area contributed by atoms with Crippen LogP contribution in [0.3, 0.4) is 0 Å². The largest absolute Gasteiger partial charge is 0.348 e. The second kappa shape index (κ2) is 7.07. The molecule has 3 rings (SSSR count). The van der Waals surface area contributed by atoms with Crippen molar-refractivity contribution in [2.45, 2.75) is 19.3 Å². The molecule has 0 saturated carbocycles. The molecule has 1 aromatic carbocycles. The zero-order valence-electron chi connectivity index (χ0n) is 11.9. The molecule has 4 nitrogen and oxygen atoms in total. The van der Waals surface area contributed by atoms with E-state index in [1.54, 1.807) is 18.3 Å². The highest BCUT2D eigenvalue weighted by Gasteiger charge is 2.16. The number of nitrogens with one attached hydrogen (secondary N) is 1. The number of rotatable bonds is 4. The molecule has 1 aliphatic heterocycles. The number of hydrazone groups is 1. The molecule has 7 heteroatoms. The van der Waals surface area contributed by atoms with Gasteiger partial charge in [-0.15, -0.1) is 0 Å². The standard InChI is InChI=1S/C15H16ClFN4S/c16-14-13(10-18-20-12-6-4-11(17)5-7-12)22-15(19-14)21-8-2-1-3-9-21/h4-7,10,20H,1-3,8-9H2/b18-10-. The topological polar surface area (TPSA) is 40.5 Å². The minimum absolute atomic E-state index is 0.272. The SMILES string of the molecule is Fc1ccc(N/N=C\c2sc(N3CCCCC3)nc2Cl)cc1. The average Bonchev–Trinajstić information content (AvgIpc) is 2.91. The van der Waals surface area contributed by atoms with E-state index >= 15 is 0 Å². The van der Waals surface area contributed by atoms with Crippen LogP contribution < -0.4 is 10.3 Å². The van der Waals surface area contributed by atoms with Gasteiger partial charge in [0.25, 0.3) is 0 Å². The van der Waals surface area contributed by atoms with E-state index in [2.05, 4.69) is 20.4 Å². The van der Waals surface area contributed by atoms with E-state index in [-0.39, 0.29) is 5.82 Å². The second-order valence-electron chi connectivity index (χ2n) is 5.08. The lowest BCUT2D eigenvalue weighted by atomic mass is 10.1. The number of halogens is 2. The lowest BCUT2D eigenvalue weighted by molar-refractivity contribution is 0.577. The van der Waals surface area contributed by atoms with E-state index in [9.17, 15) is 4.39 Å². The summed E-state index contributed by atoms with van der Waals surface area (Å²) < 4.78 is 12.8. The first-order chi connectivity index (χ1) is 10.7. The van der Waals surface area contributed by atoms with Gasteiger partial charge in [-0.1, -0.05) is 22.9 Å². The van der Waals surface area contributed by atoms with Gasteiger partial charge in [0.2, 0.25) is 0 Å². The molecule has 0 spiro atoms. The van der Waals surface area contributed by atoms with Crippen molar-refractivity contribution in [3.05, 3.63) is 40.1 Å². The van der Waals surface area contributed by atoms with Crippen LogP contribution >= 0.6 is 22.9 Å². The fourth-order valence-electron chi connectivity index (χ4n) is 2.29. The van der Waals surface area contributed by atoms with Crippen molar-refractivity contribution in [1.82, 2.24) is 4.98 Å². The Labute approximate surface area is 137 Å². The Morgan fingerprint density at radius 1 is 1.23 bits per heavy atom. The first-order valence-electron chi connectivity index (χ1n) is 7.18. The highest BCUT2D eigenvalue weighted by Crippen LogP contribution is 2.30. The van der Waals surface area contributed by atoms with Crippen LogP contribution in [0.15, 0.2) is 29.4 Å². The predicted octanol–water partition coefficient (Wildman–Crippen LogP) is 4.37. The van der Waals surface area contributed by atoms with Gasteiger partial charge in [-0.3, -0.25) is 5.43 Å². The number of anilines is 2. The number of thiazole rings is 1. The van der Waals surface area contributed by atoms with E-state index in [1.165, 1.54) is 42.7 Å². The summed E-state index contributed by atoms with van der Waals surface area (Å²) >= 11 is 7.71. The average molecular weight is 339 g/mol. The fourth-order valence-corrected chi connectivity index (χ4v) is 3.47. The van der Waals surface area contributed by atoms with Gasteiger partial charge < -0.3 is 4.90 Å². The molecule has 1 N–H and O–H groups in total. The van der Waals surface area contributed by atoms with Crippen LogP contribution in [0.2, 0.25) is 5.15 Å². The Balaban J connectivity index is 1.65. The number of aromatic nitrogens is 1. The Bertz CT molecular complexity index is 650. The molecule has 2 heterocycles. The molecule has 2 aromatic rings. The van der Waals surface area contributed by atoms with Crippen molar-refractivity contribution in [3.63, 3.8) is 0 Å². The van der Waals surface area contributed by atoms with Crippen molar-refractivity contribution in [2.75, 3.05) is 23.4 Å². The van der Waals surface area contributed by atoms with Gasteiger partial charge in [0.15, 0.2) is 10.3 Å². The van der Waals surface area contributed by atoms with Crippen molar-refractivity contribution >= 4 is 40.0 Å². The molecular weight excluding hydrogens is 323 g/mol. The van der Waals surface area contributed by atoms with E-state index in [1.807, 2.05) is 0 Å². The van der Waals surface area contributed by atoms with Crippen LogP contribution in [0.25, 0.3) is 0 Å². The zero-order chi connectivity index (χ0) is 15.4. The third kappa shape index (κ3) is 3.75. The molecule has 116 valence electrons. The molecule has 22 heavy (non-hydrogen) atoms. The third-order valence-corrected chi connectivity index (χ3v) is 4.90. The molecule has 0 aliphatic carbocycles. The van der Waals surface area contributed by atoms with Crippen LogP contribution in [-0.4, -0.2) is 24.3 Å². The van der Waals surface area contributed by atoms with Crippen LogP contribution in [0, 0.1) is 5.82 Å². The first-order valence-corrected chi connectivity index (χ1v) is 8.38. The summed E-state index contributed by atoms with van der Waals surface area (Å²) in [7, 11) is 0. The third-order valence-electron chi connectivity index (χ3n) is 3.44. The summed E-state index contributed by atoms with van der Waals surface area (Å²) in [6.45, 7) is 2.07. The van der Waals surface area contributed by atoms with Crippen LogP contribution in [0.4, 0.5) is 15.2 Å². The predicted molar refractivity (Wildman–Crippen MR) is 90.8 cm³/mol. The minimum atomic E-state index is -0.272. The maximum absolute atomic E-state index is 12.8. The van der Waals surface area contributed by atoms with Gasteiger partial charge in [0.1, 0.15) is 5.82 Å². The molecule has 1 aromatic heterocycles. The summed E-state index contributed by atoms with van der Waals surface area (Å²) in [5, 5.41) is 5.55. The lowest BCUT2D eigenvalue weighted by Crippen LogP contribution is -2.29. The van der Waals surface area contributed by atoms with Crippen LogP contribution in [0.5, 0.6) is 0 Å².